The second-order valence-electron chi connectivity index (χ2n) is 7.84. The molecule has 1 aliphatic rings. The second-order valence-corrected chi connectivity index (χ2v) is 7.84. The smallest absolute Gasteiger partial charge is 0.223 e. The summed E-state index contributed by atoms with van der Waals surface area (Å²) in [7, 11) is 0. The number of aromatic nitrogens is 2. The Balaban J connectivity index is 1.73. The maximum absolute atomic E-state index is 13.0. The Kier molecular flexibility index (Phi) is 7.85. The fraction of sp³-hybridized carbons (Fsp3) is 0.522. The van der Waals surface area contributed by atoms with Crippen LogP contribution in [-0.2, 0) is 22.6 Å². The number of amides is 2. The fourth-order valence-electron chi connectivity index (χ4n) is 3.97. The monoisotopic (exact) mass is 396 g/mol. The molecule has 1 N–H and O–H groups in total. The van der Waals surface area contributed by atoms with E-state index in [1.165, 1.54) is 0 Å². The number of hydrogen-bond acceptors (Lipinski definition) is 3. The molecule has 2 heterocycles. The van der Waals surface area contributed by atoms with Gasteiger partial charge < -0.3 is 9.80 Å². The van der Waals surface area contributed by atoms with E-state index >= 15 is 0 Å². The Morgan fingerprint density at radius 3 is 2.59 bits per heavy atom. The molecule has 1 aromatic heterocycles. The second kappa shape index (κ2) is 10.8. The topological polar surface area (TPSA) is 69.3 Å². The van der Waals surface area contributed by atoms with E-state index in [4.69, 9.17) is 0 Å². The summed E-state index contributed by atoms with van der Waals surface area (Å²) in [6, 6.07) is 8.01. The number of carbonyl (C=O) groups excluding carboxylic acids is 2. The number of rotatable bonds is 4. The molecule has 156 valence electrons. The molecule has 6 heteroatoms. The molecule has 29 heavy (non-hydrogen) atoms. The van der Waals surface area contributed by atoms with Crippen LogP contribution in [0.3, 0.4) is 0 Å². The fourth-order valence-corrected chi connectivity index (χ4v) is 3.97. The van der Waals surface area contributed by atoms with Crippen molar-refractivity contribution in [2.75, 3.05) is 18.0 Å². The molecule has 1 aliphatic heterocycles. The first-order valence-electron chi connectivity index (χ1n) is 10.8. The van der Waals surface area contributed by atoms with Crippen LogP contribution in [0.25, 0.3) is 0 Å². The van der Waals surface area contributed by atoms with Gasteiger partial charge >= 0.3 is 0 Å². The standard InChI is InChI=1S/C23H32N4O2/c1-19(28)27-15-8-4-2-3-7-14-26(18-21-11-5-6-12-22(21)27)23(29)13-9-10-20-16-24-25-17-20/h5-6,11-12,16-17H,2-4,7-10,13-15,18H2,1H3,(H,24,25). The summed E-state index contributed by atoms with van der Waals surface area (Å²) in [5.41, 5.74) is 3.12. The molecule has 0 atom stereocenters. The van der Waals surface area contributed by atoms with Crippen molar-refractivity contribution in [3.63, 3.8) is 0 Å². The number of fused-ring (bicyclic) bond motifs is 1. The van der Waals surface area contributed by atoms with Crippen molar-refractivity contribution in [2.45, 2.75) is 64.8 Å². The Morgan fingerprint density at radius 2 is 1.83 bits per heavy atom. The summed E-state index contributed by atoms with van der Waals surface area (Å²) in [4.78, 5) is 29.1. The molecule has 6 nitrogen and oxygen atoms in total. The highest BCUT2D eigenvalue weighted by molar-refractivity contribution is 5.92. The third-order valence-corrected chi connectivity index (χ3v) is 5.60. The van der Waals surface area contributed by atoms with Crippen LogP contribution in [-0.4, -0.2) is 40.0 Å². The van der Waals surface area contributed by atoms with Crippen LogP contribution < -0.4 is 4.90 Å². The summed E-state index contributed by atoms with van der Waals surface area (Å²) in [5.74, 6) is 0.252. The molecule has 0 bridgehead atoms. The first-order chi connectivity index (χ1) is 14.1. The molecule has 0 radical (unpaired) electrons. The Bertz CT molecular complexity index is 788. The van der Waals surface area contributed by atoms with Gasteiger partial charge in [0.25, 0.3) is 0 Å². The molecular formula is C23H32N4O2. The number of anilines is 1. The van der Waals surface area contributed by atoms with Gasteiger partial charge in [0.15, 0.2) is 0 Å². The molecule has 0 saturated heterocycles. The quantitative estimate of drug-likeness (QED) is 0.847. The van der Waals surface area contributed by atoms with Gasteiger partial charge in [-0.3, -0.25) is 14.7 Å². The number of nitrogens with zero attached hydrogens (tertiary/aromatic N) is 3. The summed E-state index contributed by atoms with van der Waals surface area (Å²) < 4.78 is 0. The van der Waals surface area contributed by atoms with E-state index < -0.39 is 0 Å². The van der Waals surface area contributed by atoms with Crippen molar-refractivity contribution in [1.29, 1.82) is 0 Å². The number of para-hydroxylation sites is 1. The summed E-state index contributed by atoms with van der Waals surface area (Å²) in [5, 5.41) is 6.78. The molecule has 0 saturated carbocycles. The maximum Gasteiger partial charge on any atom is 0.223 e. The predicted molar refractivity (Wildman–Crippen MR) is 114 cm³/mol. The van der Waals surface area contributed by atoms with Crippen LogP contribution in [0.5, 0.6) is 0 Å². The lowest BCUT2D eigenvalue weighted by atomic mass is 10.1. The summed E-state index contributed by atoms with van der Waals surface area (Å²) in [6.07, 6.45) is 11.3. The highest BCUT2D eigenvalue weighted by Gasteiger charge is 2.20. The lowest BCUT2D eigenvalue weighted by molar-refractivity contribution is -0.132. The molecule has 2 aromatic rings. The average Bonchev–Trinajstić information content (AvgIpc) is 3.21. The van der Waals surface area contributed by atoms with Crippen LogP contribution in [0, 0.1) is 0 Å². The van der Waals surface area contributed by atoms with Gasteiger partial charge in [0, 0.05) is 44.9 Å². The van der Waals surface area contributed by atoms with Gasteiger partial charge in [0.2, 0.25) is 11.8 Å². The van der Waals surface area contributed by atoms with E-state index in [1.54, 1.807) is 6.92 Å². The number of H-pyrrole nitrogens is 1. The third kappa shape index (κ3) is 6.17. The number of aromatic amines is 1. The number of benzene rings is 1. The number of carbonyl (C=O) groups is 2. The van der Waals surface area contributed by atoms with Crippen LogP contribution >= 0.6 is 0 Å². The van der Waals surface area contributed by atoms with E-state index in [1.807, 2.05) is 46.5 Å². The minimum Gasteiger partial charge on any atom is -0.338 e. The number of nitrogens with one attached hydrogen (secondary N) is 1. The molecule has 0 unspecified atom stereocenters. The zero-order chi connectivity index (χ0) is 20.5. The van der Waals surface area contributed by atoms with E-state index in [0.29, 0.717) is 13.0 Å². The van der Waals surface area contributed by atoms with Gasteiger partial charge in [0.1, 0.15) is 0 Å². The van der Waals surface area contributed by atoms with E-state index in [0.717, 1.165) is 74.8 Å². The zero-order valence-corrected chi connectivity index (χ0v) is 17.4. The van der Waals surface area contributed by atoms with Crippen LogP contribution in [0.4, 0.5) is 5.69 Å². The lowest BCUT2D eigenvalue weighted by Gasteiger charge is -2.29. The number of aryl methyl sites for hydroxylation is 1. The molecule has 0 spiro atoms. The predicted octanol–water partition coefficient (Wildman–Crippen LogP) is 4.08. The molecule has 0 fully saturated rings. The third-order valence-electron chi connectivity index (χ3n) is 5.60. The van der Waals surface area contributed by atoms with E-state index in [-0.39, 0.29) is 11.8 Å². The maximum atomic E-state index is 13.0. The highest BCUT2D eigenvalue weighted by atomic mass is 16.2. The first kappa shape index (κ1) is 21.1. The first-order valence-corrected chi connectivity index (χ1v) is 10.8. The Labute approximate surface area is 173 Å². The normalized spacial score (nSPS) is 15.9. The Hall–Kier alpha value is -2.63. The van der Waals surface area contributed by atoms with Crippen molar-refractivity contribution in [3.8, 4) is 0 Å². The van der Waals surface area contributed by atoms with Crippen LogP contribution in [0.15, 0.2) is 36.7 Å². The number of hydrogen-bond donors (Lipinski definition) is 1. The molecule has 3 rings (SSSR count). The molecular weight excluding hydrogens is 364 g/mol. The van der Waals surface area contributed by atoms with Gasteiger partial charge in [-0.1, -0.05) is 37.5 Å². The van der Waals surface area contributed by atoms with Crippen molar-refractivity contribution >= 4 is 17.5 Å². The van der Waals surface area contributed by atoms with Crippen molar-refractivity contribution in [1.82, 2.24) is 15.1 Å². The minimum atomic E-state index is 0.0625. The van der Waals surface area contributed by atoms with Gasteiger partial charge in [-0.05, 0) is 42.9 Å². The largest absolute Gasteiger partial charge is 0.338 e. The molecule has 0 aliphatic carbocycles. The zero-order valence-electron chi connectivity index (χ0n) is 17.4. The van der Waals surface area contributed by atoms with Crippen molar-refractivity contribution in [2.24, 2.45) is 0 Å². The van der Waals surface area contributed by atoms with Crippen molar-refractivity contribution in [3.05, 3.63) is 47.8 Å². The van der Waals surface area contributed by atoms with Gasteiger partial charge in [0.05, 0.1) is 6.20 Å². The van der Waals surface area contributed by atoms with Crippen LogP contribution in [0.2, 0.25) is 0 Å². The van der Waals surface area contributed by atoms with Gasteiger partial charge in [-0.25, -0.2) is 0 Å². The van der Waals surface area contributed by atoms with Gasteiger partial charge in [-0.2, -0.15) is 5.10 Å². The summed E-state index contributed by atoms with van der Waals surface area (Å²) >= 11 is 0. The summed E-state index contributed by atoms with van der Waals surface area (Å²) in [6.45, 7) is 3.70. The van der Waals surface area contributed by atoms with E-state index in [9.17, 15) is 9.59 Å². The van der Waals surface area contributed by atoms with E-state index in [2.05, 4.69) is 10.2 Å². The SMILES string of the molecule is CC(=O)N1CCCCCCCN(C(=O)CCCc2cn[nH]c2)Cc2ccccc21. The lowest BCUT2D eigenvalue weighted by Crippen LogP contribution is -2.34. The average molecular weight is 397 g/mol. The Morgan fingerprint density at radius 1 is 1.07 bits per heavy atom. The van der Waals surface area contributed by atoms with Gasteiger partial charge in [-0.15, -0.1) is 0 Å². The minimum absolute atomic E-state index is 0.0625. The molecule has 2 amide bonds. The molecule has 1 aromatic carbocycles. The van der Waals surface area contributed by atoms with Crippen molar-refractivity contribution < 1.29 is 9.59 Å². The highest BCUT2D eigenvalue weighted by Crippen LogP contribution is 2.24. The van der Waals surface area contributed by atoms with Crippen LogP contribution in [0.1, 0.15) is 63.0 Å².